The fourth-order valence-corrected chi connectivity index (χ4v) is 2.96. The Hall–Kier alpha value is -3.18. The van der Waals surface area contributed by atoms with Crippen LogP contribution in [0.2, 0.25) is 0 Å². The topological polar surface area (TPSA) is 74.3 Å². The van der Waals surface area contributed by atoms with Crippen LogP contribution in [0.25, 0.3) is 16.8 Å². The van der Waals surface area contributed by atoms with Gasteiger partial charge in [0.2, 0.25) is 0 Å². The molecule has 0 aliphatic heterocycles. The standard InChI is InChI=1S/C22H22N2O3/c1-2-27-21(25)15-20(23)17-10-6-11-18(14-17)24-13-7-12-19(22(24)26)16-8-4-3-5-9-16/h3-14,20H,2,15,23H2,1H3. The zero-order valence-corrected chi connectivity index (χ0v) is 15.2. The van der Waals surface area contributed by atoms with Crippen LogP contribution in [0.5, 0.6) is 0 Å². The molecular weight excluding hydrogens is 340 g/mol. The van der Waals surface area contributed by atoms with Crippen molar-refractivity contribution in [1.82, 2.24) is 4.57 Å². The first-order valence-electron chi connectivity index (χ1n) is 8.88. The van der Waals surface area contributed by atoms with E-state index in [9.17, 15) is 9.59 Å². The lowest BCUT2D eigenvalue weighted by molar-refractivity contribution is -0.143. The molecule has 0 bridgehead atoms. The Balaban J connectivity index is 1.94. The van der Waals surface area contributed by atoms with E-state index in [-0.39, 0.29) is 17.9 Å². The molecule has 0 aliphatic rings. The minimum Gasteiger partial charge on any atom is -0.466 e. The van der Waals surface area contributed by atoms with Gasteiger partial charge in [0.05, 0.1) is 13.0 Å². The summed E-state index contributed by atoms with van der Waals surface area (Å²) in [4.78, 5) is 24.7. The van der Waals surface area contributed by atoms with Gasteiger partial charge >= 0.3 is 5.97 Å². The minimum atomic E-state index is -0.489. The maximum atomic E-state index is 13.0. The molecule has 138 valence electrons. The Morgan fingerprint density at radius 1 is 1.07 bits per heavy atom. The van der Waals surface area contributed by atoms with Gasteiger partial charge in [-0.2, -0.15) is 0 Å². The second-order valence-corrected chi connectivity index (χ2v) is 6.17. The molecule has 0 radical (unpaired) electrons. The van der Waals surface area contributed by atoms with Crippen LogP contribution < -0.4 is 11.3 Å². The maximum Gasteiger partial charge on any atom is 0.307 e. The third-order valence-corrected chi connectivity index (χ3v) is 4.30. The number of nitrogens with two attached hydrogens (primary N) is 1. The Labute approximate surface area is 158 Å². The lowest BCUT2D eigenvalue weighted by atomic mass is 10.0. The van der Waals surface area contributed by atoms with Crippen LogP contribution in [0.3, 0.4) is 0 Å². The molecule has 1 atom stereocenters. The van der Waals surface area contributed by atoms with Crippen LogP contribution >= 0.6 is 0 Å². The molecular formula is C22H22N2O3. The summed E-state index contributed by atoms with van der Waals surface area (Å²) in [5.74, 6) is -0.335. The molecule has 0 fully saturated rings. The highest BCUT2D eigenvalue weighted by Crippen LogP contribution is 2.19. The maximum absolute atomic E-state index is 13.0. The monoisotopic (exact) mass is 362 g/mol. The van der Waals surface area contributed by atoms with E-state index >= 15 is 0 Å². The van der Waals surface area contributed by atoms with Crippen molar-refractivity contribution in [3.63, 3.8) is 0 Å². The lowest BCUT2D eigenvalue weighted by Gasteiger charge is -2.14. The van der Waals surface area contributed by atoms with Gasteiger partial charge in [-0.15, -0.1) is 0 Å². The van der Waals surface area contributed by atoms with Gasteiger partial charge in [0.25, 0.3) is 5.56 Å². The third kappa shape index (κ3) is 4.33. The van der Waals surface area contributed by atoms with E-state index in [4.69, 9.17) is 10.5 Å². The zero-order valence-electron chi connectivity index (χ0n) is 15.2. The van der Waals surface area contributed by atoms with Crippen molar-refractivity contribution in [2.45, 2.75) is 19.4 Å². The van der Waals surface area contributed by atoms with E-state index in [1.807, 2.05) is 66.7 Å². The number of carbonyl (C=O) groups excluding carboxylic acids is 1. The third-order valence-electron chi connectivity index (χ3n) is 4.30. The van der Waals surface area contributed by atoms with Gasteiger partial charge in [-0.3, -0.25) is 14.2 Å². The molecule has 2 N–H and O–H groups in total. The Morgan fingerprint density at radius 2 is 1.85 bits per heavy atom. The number of carbonyl (C=O) groups is 1. The minimum absolute atomic E-state index is 0.0935. The normalized spacial score (nSPS) is 11.8. The number of aromatic nitrogens is 1. The van der Waals surface area contributed by atoms with Gasteiger partial charge in [-0.25, -0.2) is 0 Å². The summed E-state index contributed by atoms with van der Waals surface area (Å²) in [6.45, 7) is 2.09. The summed E-state index contributed by atoms with van der Waals surface area (Å²) in [5, 5.41) is 0. The number of rotatable bonds is 6. The zero-order chi connectivity index (χ0) is 19.2. The molecule has 1 aromatic heterocycles. The molecule has 1 heterocycles. The predicted molar refractivity (Wildman–Crippen MR) is 106 cm³/mol. The fourth-order valence-electron chi connectivity index (χ4n) is 2.96. The van der Waals surface area contributed by atoms with Crippen molar-refractivity contribution >= 4 is 5.97 Å². The molecule has 0 saturated heterocycles. The van der Waals surface area contributed by atoms with Crippen molar-refractivity contribution in [2.24, 2.45) is 5.73 Å². The van der Waals surface area contributed by atoms with Gasteiger partial charge in [-0.1, -0.05) is 42.5 Å². The molecule has 27 heavy (non-hydrogen) atoms. The Kier molecular flexibility index (Phi) is 5.84. The lowest BCUT2D eigenvalue weighted by Crippen LogP contribution is -2.20. The van der Waals surface area contributed by atoms with Crippen LogP contribution in [-0.2, 0) is 9.53 Å². The summed E-state index contributed by atoms with van der Waals surface area (Å²) in [6, 6.07) is 20.1. The number of ether oxygens (including phenoxy) is 1. The summed E-state index contributed by atoms with van der Waals surface area (Å²) in [5.41, 5.74) is 9.00. The molecule has 5 heteroatoms. The second-order valence-electron chi connectivity index (χ2n) is 6.17. The first kappa shape index (κ1) is 18.6. The van der Waals surface area contributed by atoms with Crippen LogP contribution in [0.4, 0.5) is 0 Å². The van der Waals surface area contributed by atoms with E-state index in [0.29, 0.717) is 17.9 Å². The highest BCUT2D eigenvalue weighted by Gasteiger charge is 2.14. The molecule has 0 spiro atoms. The van der Waals surface area contributed by atoms with E-state index in [0.717, 1.165) is 11.1 Å². The number of pyridine rings is 1. The average molecular weight is 362 g/mol. The summed E-state index contributed by atoms with van der Waals surface area (Å²) in [6.07, 6.45) is 1.82. The molecule has 5 nitrogen and oxygen atoms in total. The first-order valence-corrected chi connectivity index (χ1v) is 8.88. The van der Waals surface area contributed by atoms with E-state index < -0.39 is 6.04 Å². The van der Waals surface area contributed by atoms with Gasteiger partial charge in [0, 0.05) is 23.5 Å². The summed E-state index contributed by atoms with van der Waals surface area (Å²) < 4.78 is 6.54. The van der Waals surface area contributed by atoms with Crippen molar-refractivity contribution in [3.8, 4) is 16.8 Å². The van der Waals surface area contributed by atoms with Gasteiger partial charge < -0.3 is 10.5 Å². The molecule has 3 aromatic rings. The van der Waals surface area contributed by atoms with Gasteiger partial charge in [0.15, 0.2) is 0 Å². The summed E-state index contributed by atoms with van der Waals surface area (Å²) in [7, 11) is 0. The molecule has 0 saturated carbocycles. The van der Waals surface area contributed by atoms with Gasteiger partial charge in [-0.05, 0) is 42.3 Å². The molecule has 3 rings (SSSR count). The SMILES string of the molecule is CCOC(=O)CC(N)c1cccc(-n2cccc(-c3ccccc3)c2=O)c1. The fraction of sp³-hybridized carbons (Fsp3) is 0.182. The van der Waals surface area contributed by atoms with Crippen molar-refractivity contribution < 1.29 is 9.53 Å². The second kappa shape index (κ2) is 8.47. The number of hydrogen-bond acceptors (Lipinski definition) is 4. The van der Waals surface area contributed by atoms with Crippen molar-refractivity contribution in [2.75, 3.05) is 6.61 Å². The van der Waals surface area contributed by atoms with Crippen LogP contribution in [0, 0.1) is 0 Å². The predicted octanol–water partition coefficient (Wildman–Crippen LogP) is 3.46. The summed E-state index contributed by atoms with van der Waals surface area (Å²) >= 11 is 0. The highest BCUT2D eigenvalue weighted by atomic mass is 16.5. The smallest absolute Gasteiger partial charge is 0.307 e. The largest absolute Gasteiger partial charge is 0.466 e. The van der Waals surface area contributed by atoms with Crippen LogP contribution in [0.15, 0.2) is 77.7 Å². The number of esters is 1. The molecule has 2 aromatic carbocycles. The van der Waals surface area contributed by atoms with E-state index in [1.54, 1.807) is 17.7 Å². The molecule has 1 unspecified atom stereocenters. The molecule has 0 amide bonds. The first-order chi connectivity index (χ1) is 13.1. The Morgan fingerprint density at radius 3 is 2.59 bits per heavy atom. The quantitative estimate of drug-likeness (QED) is 0.682. The van der Waals surface area contributed by atoms with Crippen LogP contribution in [-0.4, -0.2) is 17.1 Å². The highest BCUT2D eigenvalue weighted by molar-refractivity contribution is 5.70. The van der Waals surface area contributed by atoms with E-state index in [2.05, 4.69) is 0 Å². The van der Waals surface area contributed by atoms with Crippen LogP contribution in [0.1, 0.15) is 24.9 Å². The van der Waals surface area contributed by atoms with Crippen molar-refractivity contribution in [1.29, 1.82) is 0 Å². The number of nitrogens with zero attached hydrogens (tertiary/aromatic N) is 1. The average Bonchev–Trinajstić information content (AvgIpc) is 2.69. The Bertz CT molecular complexity index is 980. The number of benzene rings is 2. The molecule has 0 aliphatic carbocycles. The number of hydrogen-bond donors (Lipinski definition) is 1. The van der Waals surface area contributed by atoms with E-state index in [1.165, 1.54) is 0 Å². The van der Waals surface area contributed by atoms with Crippen molar-refractivity contribution in [3.05, 3.63) is 88.8 Å². The van der Waals surface area contributed by atoms with Gasteiger partial charge in [0.1, 0.15) is 0 Å².